The van der Waals surface area contributed by atoms with Gasteiger partial charge in [-0.15, -0.1) is 11.3 Å². The Morgan fingerprint density at radius 2 is 1.62 bits per heavy atom. The maximum absolute atomic E-state index is 14.0. The van der Waals surface area contributed by atoms with Crippen LogP contribution in [0.5, 0.6) is 0 Å². The van der Waals surface area contributed by atoms with Gasteiger partial charge in [0.05, 0.1) is 5.69 Å². The van der Waals surface area contributed by atoms with Crippen molar-refractivity contribution in [3.05, 3.63) is 70.1 Å². The van der Waals surface area contributed by atoms with E-state index in [9.17, 15) is 13.2 Å². The molecule has 134 valence electrons. The first-order valence-electron chi connectivity index (χ1n) is 8.57. The summed E-state index contributed by atoms with van der Waals surface area (Å²) < 4.78 is 42.6. The molecule has 1 aromatic heterocycles. The van der Waals surface area contributed by atoms with Crippen LogP contribution in [0.4, 0.5) is 18.9 Å². The summed E-state index contributed by atoms with van der Waals surface area (Å²) in [6.45, 7) is 0. The minimum absolute atomic E-state index is 0.116. The summed E-state index contributed by atoms with van der Waals surface area (Å²) in [5.74, 6) is -1.59. The molecular weight excluding hydrogens is 357 g/mol. The standard InChI is InChI=1S/C20H17F3N2S/c21-14-7-5-13(6-8-14)19-12-26-20(25(19)16-3-1-2-4-16)24-18-10-9-15(22)11-17(18)23/h5-12,16H,1-4H2. The van der Waals surface area contributed by atoms with Crippen LogP contribution in [-0.4, -0.2) is 4.57 Å². The predicted molar refractivity (Wildman–Crippen MR) is 96.8 cm³/mol. The first kappa shape index (κ1) is 17.1. The van der Waals surface area contributed by atoms with E-state index < -0.39 is 11.6 Å². The quantitative estimate of drug-likeness (QED) is 0.536. The molecule has 0 radical (unpaired) electrons. The summed E-state index contributed by atoms with van der Waals surface area (Å²) in [5.41, 5.74) is 1.96. The van der Waals surface area contributed by atoms with E-state index in [1.807, 2.05) is 5.38 Å². The van der Waals surface area contributed by atoms with Crippen molar-refractivity contribution < 1.29 is 13.2 Å². The smallest absolute Gasteiger partial charge is 0.190 e. The number of aromatic nitrogens is 1. The molecule has 0 unspecified atom stereocenters. The first-order chi connectivity index (χ1) is 12.6. The second-order valence-electron chi connectivity index (χ2n) is 6.43. The highest BCUT2D eigenvalue weighted by Gasteiger charge is 2.21. The summed E-state index contributed by atoms with van der Waals surface area (Å²) in [6, 6.07) is 10.0. The molecule has 1 saturated carbocycles. The van der Waals surface area contributed by atoms with E-state index in [1.54, 1.807) is 12.1 Å². The number of halogens is 3. The van der Waals surface area contributed by atoms with Gasteiger partial charge in [0, 0.05) is 17.5 Å². The molecule has 6 heteroatoms. The van der Waals surface area contributed by atoms with Crippen LogP contribution in [0.3, 0.4) is 0 Å². The van der Waals surface area contributed by atoms with Crippen molar-refractivity contribution in [1.82, 2.24) is 4.57 Å². The van der Waals surface area contributed by atoms with Crippen LogP contribution in [0, 0.1) is 17.5 Å². The molecule has 0 bridgehead atoms. The van der Waals surface area contributed by atoms with Crippen molar-refractivity contribution in [3.8, 4) is 11.3 Å². The van der Waals surface area contributed by atoms with Crippen molar-refractivity contribution in [1.29, 1.82) is 0 Å². The summed E-state index contributed by atoms with van der Waals surface area (Å²) in [7, 11) is 0. The van der Waals surface area contributed by atoms with E-state index in [-0.39, 0.29) is 17.5 Å². The van der Waals surface area contributed by atoms with Crippen molar-refractivity contribution in [3.63, 3.8) is 0 Å². The third-order valence-electron chi connectivity index (χ3n) is 4.70. The number of rotatable bonds is 3. The lowest BCUT2D eigenvalue weighted by Crippen LogP contribution is -2.20. The Balaban J connectivity index is 1.87. The van der Waals surface area contributed by atoms with Gasteiger partial charge in [-0.1, -0.05) is 12.8 Å². The van der Waals surface area contributed by atoms with Crippen LogP contribution in [0.2, 0.25) is 0 Å². The van der Waals surface area contributed by atoms with E-state index in [0.717, 1.165) is 43.0 Å². The van der Waals surface area contributed by atoms with Gasteiger partial charge >= 0.3 is 0 Å². The topological polar surface area (TPSA) is 17.3 Å². The SMILES string of the molecule is Fc1ccc(-c2csc(=Nc3ccc(F)cc3F)n2C2CCCC2)cc1. The highest BCUT2D eigenvalue weighted by atomic mass is 32.1. The van der Waals surface area contributed by atoms with E-state index >= 15 is 0 Å². The van der Waals surface area contributed by atoms with E-state index in [2.05, 4.69) is 9.56 Å². The Bertz CT molecular complexity index is 983. The van der Waals surface area contributed by atoms with Crippen molar-refractivity contribution >= 4 is 17.0 Å². The van der Waals surface area contributed by atoms with Gasteiger partial charge in [-0.25, -0.2) is 18.2 Å². The van der Waals surface area contributed by atoms with Crippen LogP contribution >= 0.6 is 11.3 Å². The van der Waals surface area contributed by atoms with Crippen molar-refractivity contribution in [2.24, 2.45) is 4.99 Å². The average Bonchev–Trinajstić information content (AvgIpc) is 3.27. The molecule has 4 rings (SSSR count). The molecule has 2 aromatic carbocycles. The molecule has 0 saturated heterocycles. The maximum atomic E-state index is 14.0. The lowest BCUT2D eigenvalue weighted by Gasteiger charge is -2.16. The van der Waals surface area contributed by atoms with Gasteiger partial charge in [0.2, 0.25) is 0 Å². The van der Waals surface area contributed by atoms with Crippen LogP contribution in [-0.2, 0) is 0 Å². The van der Waals surface area contributed by atoms with Gasteiger partial charge in [-0.05, 0) is 54.8 Å². The number of benzene rings is 2. The molecule has 2 nitrogen and oxygen atoms in total. The van der Waals surface area contributed by atoms with Gasteiger partial charge in [-0.3, -0.25) is 0 Å². The zero-order valence-electron chi connectivity index (χ0n) is 14.0. The van der Waals surface area contributed by atoms with E-state index in [4.69, 9.17) is 0 Å². The number of hydrogen-bond acceptors (Lipinski definition) is 2. The highest BCUT2D eigenvalue weighted by molar-refractivity contribution is 7.07. The fraction of sp³-hybridized carbons (Fsp3) is 0.250. The zero-order valence-corrected chi connectivity index (χ0v) is 14.8. The minimum Gasteiger partial charge on any atom is -0.313 e. The summed E-state index contributed by atoms with van der Waals surface area (Å²) in [5, 5.41) is 1.96. The Kier molecular flexibility index (Phi) is 4.68. The minimum atomic E-state index is -0.681. The zero-order chi connectivity index (χ0) is 18.1. The number of thiazole rings is 1. The highest BCUT2D eigenvalue weighted by Crippen LogP contribution is 2.33. The van der Waals surface area contributed by atoms with Gasteiger partial charge in [0.15, 0.2) is 10.6 Å². The molecule has 0 amide bonds. The Morgan fingerprint density at radius 1 is 0.923 bits per heavy atom. The molecule has 0 atom stereocenters. The third kappa shape index (κ3) is 3.33. The number of nitrogens with zero attached hydrogens (tertiary/aromatic N) is 2. The maximum Gasteiger partial charge on any atom is 0.190 e. The van der Waals surface area contributed by atoms with Crippen LogP contribution in [0.15, 0.2) is 52.8 Å². The van der Waals surface area contributed by atoms with Crippen molar-refractivity contribution in [2.45, 2.75) is 31.7 Å². The number of hydrogen-bond donors (Lipinski definition) is 0. The molecule has 26 heavy (non-hydrogen) atoms. The summed E-state index contributed by atoms with van der Waals surface area (Å²) in [6.07, 6.45) is 4.34. The monoisotopic (exact) mass is 374 g/mol. The average molecular weight is 374 g/mol. The molecular formula is C20H17F3N2S. The second kappa shape index (κ2) is 7.11. The second-order valence-corrected chi connectivity index (χ2v) is 7.26. The first-order valence-corrected chi connectivity index (χ1v) is 9.45. The molecule has 3 aromatic rings. The Labute approximate surface area is 153 Å². The van der Waals surface area contributed by atoms with Crippen LogP contribution in [0.1, 0.15) is 31.7 Å². The van der Waals surface area contributed by atoms with E-state index in [0.29, 0.717) is 4.80 Å². The third-order valence-corrected chi connectivity index (χ3v) is 5.54. The molecule has 1 fully saturated rings. The van der Waals surface area contributed by atoms with Gasteiger partial charge < -0.3 is 4.57 Å². The predicted octanol–water partition coefficient (Wildman–Crippen LogP) is 5.98. The van der Waals surface area contributed by atoms with Crippen LogP contribution < -0.4 is 4.80 Å². The lowest BCUT2D eigenvalue weighted by atomic mass is 10.1. The summed E-state index contributed by atoms with van der Waals surface area (Å²) in [4.78, 5) is 5.12. The molecule has 1 aliphatic rings. The molecule has 0 spiro atoms. The van der Waals surface area contributed by atoms with Gasteiger partial charge in [0.1, 0.15) is 17.3 Å². The largest absolute Gasteiger partial charge is 0.313 e. The Hall–Kier alpha value is -2.34. The fourth-order valence-electron chi connectivity index (χ4n) is 3.42. The molecule has 0 aliphatic heterocycles. The van der Waals surface area contributed by atoms with Crippen LogP contribution in [0.25, 0.3) is 11.3 Å². The van der Waals surface area contributed by atoms with Gasteiger partial charge in [-0.2, -0.15) is 0 Å². The van der Waals surface area contributed by atoms with E-state index in [1.165, 1.54) is 35.6 Å². The summed E-state index contributed by atoms with van der Waals surface area (Å²) >= 11 is 1.41. The normalized spacial score (nSPS) is 15.7. The Morgan fingerprint density at radius 3 is 2.31 bits per heavy atom. The van der Waals surface area contributed by atoms with Crippen molar-refractivity contribution in [2.75, 3.05) is 0 Å². The van der Waals surface area contributed by atoms with Gasteiger partial charge in [0.25, 0.3) is 0 Å². The fourth-order valence-corrected chi connectivity index (χ4v) is 4.40. The lowest BCUT2D eigenvalue weighted by molar-refractivity contribution is 0.511. The molecule has 0 N–H and O–H groups in total. The molecule has 1 aliphatic carbocycles. The molecule has 1 heterocycles.